The minimum atomic E-state index is -0.334. The molecule has 0 spiro atoms. The molecule has 5 nitrogen and oxygen atoms in total. The predicted octanol–water partition coefficient (Wildman–Crippen LogP) is 3.42. The van der Waals surface area contributed by atoms with Gasteiger partial charge in [-0.05, 0) is 49.6 Å². The lowest BCUT2D eigenvalue weighted by Gasteiger charge is -2.32. The number of nitrogens with zero attached hydrogens (tertiary/aromatic N) is 3. The first kappa shape index (κ1) is 18.1. The highest BCUT2D eigenvalue weighted by molar-refractivity contribution is 5.94. The van der Waals surface area contributed by atoms with Gasteiger partial charge in [0.15, 0.2) is 5.69 Å². The van der Waals surface area contributed by atoms with Gasteiger partial charge in [-0.25, -0.2) is 9.07 Å². The van der Waals surface area contributed by atoms with Crippen LogP contribution in [0.4, 0.5) is 4.39 Å². The van der Waals surface area contributed by atoms with E-state index in [1.165, 1.54) is 11.6 Å². The molecule has 148 valence electrons. The molecule has 29 heavy (non-hydrogen) atoms. The molecule has 2 aliphatic rings. The number of benzene rings is 2. The predicted molar refractivity (Wildman–Crippen MR) is 109 cm³/mol. The lowest BCUT2D eigenvalue weighted by atomic mass is 9.95. The molecule has 2 aromatic carbocycles. The van der Waals surface area contributed by atoms with Gasteiger partial charge in [-0.15, -0.1) is 0 Å². The Morgan fingerprint density at radius 2 is 1.93 bits per heavy atom. The highest BCUT2D eigenvalue weighted by Gasteiger charge is 2.30. The Hall–Kier alpha value is -2.99. The molecular formula is C23H23FN4O. The van der Waals surface area contributed by atoms with Gasteiger partial charge in [0, 0.05) is 24.3 Å². The molecule has 1 unspecified atom stereocenters. The summed E-state index contributed by atoms with van der Waals surface area (Å²) in [5.74, 6) is -0.521. The number of amides is 1. The van der Waals surface area contributed by atoms with Gasteiger partial charge in [0.2, 0.25) is 0 Å². The van der Waals surface area contributed by atoms with Crippen LogP contribution in [-0.2, 0) is 19.4 Å². The molecule has 1 aliphatic heterocycles. The van der Waals surface area contributed by atoms with Gasteiger partial charge in [-0.1, -0.05) is 36.4 Å². The van der Waals surface area contributed by atoms with Crippen molar-refractivity contribution in [1.82, 2.24) is 20.0 Å². The van der Waals surface area contributed by atoms with E-state index in [-0.39, 0.29) is 17.8 Å². The van der Waals surface area contributed by atoms with Crippen LogP contribution in [0.2, 0.25) is 0 Å². The Morgan fingerprint density at radius 1 is 1.14 bits per heavy atom. The van der Waals surface area contributed by atoms with E-state index in [1.54, 1.807) is 22.9 Å². The number of para-hydroxylation sites is 1. The molecule has 6 heteroatoms. The van der Waals surface area contributed by atoms with E-state index in [0.717, 1.165) is 49.2 Å². The zero-order valence-corrected chi connectivity index (χ0v) is 16.4. The molecule has 1 N–H and O–H groups in total. The molecule has 1 atom stereocenters. The van der Waals surface area contributed by atoms with Gasteiger partial charge in [0.25, 0.3) is 5.91 Å². The maximum atomic E-state index is 14.4. The topological polar surface area (TPSA) is 50.2 Å². The van der Waals surface area contributed by atoms with Crippen molar-refractivity contribution >= 4 is 5.91 Å². The molecular weight excluding hydrogens is 367 g/mol. The second kappa shape index (κ2) is 7.12. The SMILES string of the molecule is CN1Cc2ccccc2C(NC(=O)c2nn(-c3ccccc3F)c3c2CCC3)C1. The summed E-state index contributed by atoms with van der Waals surface area (Å²) in [4.78, 5) is 15.4. The maximum absolute atomic E-state index is 14.4. The first-order valence-corrected chi connectivity index (χ1v) is 10.0. The Kier molecular flexibility index (Phi) is 4.43. The summed E-state index contributed by atoms with van der Waals surface area (Å²) in [5.41, 5.74) is 5.10. The first-order valence-electron chi connectivity index (χ1n) is 10.0. The number of halogens is 1. The lowest BCUT2D eigenvalue weighted by Crippen LogP contribution is -2.40. The third-order valence-electron chi connectivity index (χ3n) is 5.90. The number of hydrogen-bond donors (Lipinski definition) is 1. The number of nitrogens with one attached hydrogen (secondary N) is 1. The summed E-state index contributed by atoms with van der Waals surface area (Å²) in [6.07, 6.45) is 2.56. The van der Waals surface area contributed by atoms with Crippen LogP contribution < -0.4 is 5.32 Å². The van der Waals surface area contributed by atoms with Crippen LogP contribution in [0.3, 0.4) is 0 Å². The van der Waals surface area contributed by atoms with Crippen LogP contribution in [0.5, 0.6) is 0 Å². The van der Waals surface area contributed by atoms with Crippen molar-refractivity contribution in [3.05, 3.63) is 82.4 Å². The van der Waals surface area contributed by atoms with E-state index in [2.05, 4.69) is 34.5 Å². The fourth-order valence-electron chi connectivity index (χ4n) is 4.58. The minimum absolute atomic E-state index is 0.0897. The summed E-state index contributed by atoms with van der Waals surface area (Å²) in [5, 5.41) is 7.74. The van der Waals surface area contributed by atoms with Crippen LogP contribution in [0, 0.1) is 5.82 Å². The van der Waals surface area contributed by atoms with Crippen molar-refractivity contribution in [2.75, 3.05) is 13.6 Å². The minimum Gasteiger partial charge on any atom is -0.343 e. The van der Waals surface area contributed by atoms with Gasteiger partial charge in [-0.2, -0.15) is 5.10 Å². The summed E-state index contributed by atoms with van der Waals surface area (Å²) in [6.45, 7) is 1.62. The number of fused-ring (bicyclic) bond motifs is 2. The van der Waals surface area contributed by atoms with Gasteiger partial charge in [-0.3, -0.25) is 9.69 Å². The van der Waals surface area contributed by atoms with Crippen molar-refractivity contribution in [3.63, 3.8) is 0 Å². The second-order valence-electron chi connectivity index (χ2n) is 7.91. The number of rotatable bonds is 3. The van der Waals surface area contributed by atoms with E-state index in [9.17, 15) is 9.18 Å². The quantitative estimate of drug-likeness (QED) is 0.746. The molecule has 5 rings (SSSR count). The van der Waals surface area contributed by atoms with Crippen LogP contribution >= 0.6 is 0 Å². The molecule has 0 saturated carbocycles. The van der Waals surface area contributed by atoms with Crippen molar-refractivity contribution in [2.45, 2.75) is 31.8 Å². The third-order valence-corrected chi connectivity index (χ3v) is 5.90. The zero-order valence-electron chi connectivity index (χ0n) is 16.4. The Labute approximate surface area is 169 Å². The molecule has 0 fully saturated rings. The zero-order chi connectivity index (χ0) is 20.0. The molecule has 0 saturated heterocycles. The van der Waals surface area contributed by atoms with Crippen LogP contribution in [-0.4, -0.2) is 34.2 Å². The highest BCUT2D eigenvalue weighted by Crippen LogP contribution is 2.30. The van der Waals surface area contributed by atoms with Gasteiger partial charge >= 0.3 is 0 Å². The summed E-state index contributed by atoms with van der Waals surface area (Å²) in [6, 6.07) is 14.7. The number of aromatic nitrogens is 2. The standard InChI is InChI=1S/C23H23FN4O/c1-27-13-15-7-2-3-8-16(15)19(14-27)25-23(29)22-17-9-6-12-20(17)28(26-22)21-11-5-4-10-18(21)24/h2-5,7-8,10-11,19H,6,9,12-14H2,1H3,(H,25,29). The number of carbonyl (C=O) groups excluding carboxylic acids is 1. The van der Waals surface area contributed by atoms with E-state index in [0.29, 0.717) is 11.4 Å². The van der Waals surface area contributed by atoms with Gasteiger partial charge in [0.05, 0.1) is 6.04 Å². The van der Waals surface area contributed by atoms with Crippen LogP contribution in [0.1, 0.15) is 45.3 Å². The molecule has 3 aromatic rings. The summed E-state index contributed by atoms with van der Waals surface area (Å²) in [7, 11) is 2.06. The normalized spacial score (nSPS) is 18.3. The molecule has 1 aromatic heterocycles. The average Bonchev–Trinajstić information content (AvgIpc) is 3.31. The molecule has 1 amide bonds. The van der Waals surface area contributed by atoms with Crippen molar-refractivity contribution < 1.29 is 9.18 Å². The number of hydrogen-bond acceptors (Lipinski definition) is 3. The van der Waals surface area contributed by atoms with Gasteiger partial charge < -0.3 is 5.32 Å². The first-order chi connectivity index (χ1) is 14.1. The van der Waals surface area contributed by atoms with Crippen molar-refractivity contribution in [1.29, 1.82) is 0 Å². The van der Waals surface area contributed by atoms with Crippen molar-refractivity contribution in [2.24, 2.45) is 0 Å². The average molecular weight is 390 g/mol. The fraction of sp³-hybridized carbons (Fsp3) is 0.304. The van der Waals surface area contributed by atoms with Crippen LogP contribution in [0.25, 0.3) is 5.69 Å². The number of likely N-dealkylation sites (N-methyl/N-ethyl adjacent to an activating group) is 1. The Balaban J connectivity index is 1.49. The largest absolute Gasteiger partial charge is 0.343 e. The van der Waals surface area contributed by atoms with E-state index in [1.807, 2.05) is 12.1 Å². The second-order valence-corrected chi connectivity index (χ2v) is 7.91. The number of carbonyl (C=O) groups is 1. The van der Waals surface area contributed by atoms with Crippen LogP contribution in [0.15, 0.2) is 48.5 Å². The molecule has 1 aliphatic carbocycles. The monoisotopic (exact) mass is 390 g/mol. The highest BCUT2D eigenvalue weighted by atomic mass is 19.1. The Morgan fingerprint density at radius 3 is 2.79 bits per heavy atom. The molecule has 0 bridgehead atoms. The third kappa shape index (κ3) is 3.13. The molecule has 0 radical (unpaired) electrons. The Bertz CT molecular complexity index is 1090. The van der Waals surface area contributed by atoms with Crippen molar-refractivity contribution in [3.8, 4) is 5.69 Å². The maximum Gasteiger partial charge on any atom is 0.272 e. The summed E-state index contributed by atoms with van der Waals surface area (Å²) >= 11 is 0. The van der Waals surface area contributed by atoms with E-state index >= 15 is 0 Å². The smallest absolute Gasteiger partial charge is 0.272 e. The van der Waals surface area contributed by atoms with E-state index in [4.69, 9.17) is 0 Å². The molecule has 2 heterocycles. The van der Waals surface area contributed by atoms with Gasteiger partial charge in [0.1, 0.15) is 11.5 Å². The van der Waals surface area contributed by atoms with E-state index < -0.39 is 0 Å². The summed E-state index contributed by atoms with van der Waals surface area (Å²) < 4.78 is 16.0. The fourth-order valence-corrected chi connectivity index (χ4v) is 4.58. The lowest BCUT2D eigenvalue weighted by molar-refractivity contribution is 0.0915.